The molecule has 0 aliphatic carbocycles. The Hall–Kier alpha value is -0.950. The van der Waals surface area contributed by atoms with Crippen LogP contribution in [0, 0.1) is 0 Å². The van der Waals surface area contributed by atoms with E-state index in [-0.39, 0.29) is 5.75 Å². The standard InChI is InChI=1S/C8H12N2O6P2S/c9-7(19)10-8(17(11,12)13)18(14,15)16-6-4-2-1-3-5-6/h1-5,8H,(H,14,15)(H3,9,10,19)(H2,11,12,13). The van der Waals surface area contributed by atoms with E-state index in [1.807, 2.05) is 5.32 Å². The lowest BCUT2D eigenvalue weighted by atomic mass is 10.3. The van der Waals surface area contributed by atoms with Crippen molar-refractivity contribution < 1.29 is 28.3 Å². The monoisotopic (exact) mass is 326 g/mol. The minimum atomic E-state index is -5.00. The quantitative estimate of drug-likeness (QED) is 0.387. The summed E-state index contributed by atoms with van der Waals surface area (Å²) < 4.78 is 27.9. The highest BCUT2D eigenvalue weighted by molar-refractivity contribution is 7.80. The Morgan fingerprint density at radius 1 is 1.26 bits per heavy atom. The number of hydrogen-bond donors (Lipinski definition) is 5. The molecule has 0 amide bonds. The van der Waals surface area contributed by atoms with Gasteiger partial charge in [0.15, 0.2) is 5.11 Å². The zero-order valence-corrected chi connectivity index (χ0v) is 12.0. The second-order valence-electron chi connectivity index (χ2n) is 3.44. The highest BCUT2D eigenvalue weighted by Crippen LogP contribution is 2.60. The van der Waals surface area contributed by atoms with Crippen molar-refractivity contribution in [2.45, 2.75) is 5.52 Å². The normalized spacial score (nSPS) is 16.2. The van der Waals surface area contributed by atoms with Crippen molar-refractivity contribution in [1.82, 2.24) is 5.32 Å². The molecule has 11 heteroatoms. The van der Waals surface area contributed by atoms with Crippen molar-refractivity contribution in [1.29, 1.82) is 0 Å². The first kappa shape index (κ1) is 16.1. The Morgan fingerprint density at radius 3 is 2.21 bits per heavy atom. The number of thiocarbonyl (C=S) groups is 1. The summed E-state index contributed by atoms with van der Waals surface area (Å²) in [4.78, 5) is 27.8. The Kier molecular flexibility index (Phi) is 5.09. The van der Waals surface area contributed by atoms with E-state index >= 15 is 0 Å². The van der Waals surface area contributed by atoms with Crippen molar-refractivity contribution in [2.24, 2.45) is 5.73 Å². The highest BCUT2D eigenvalue weighted by atomic mass is 32.1. The van der Waals surface area contributed by atoms with Gasteiger partial charge in [-0.25, -0.2) is 4.57 Å². The van der Waals surface area contributed by atoms with Gasteiger partial charge in [0.05, 0.1) is 0 Å². The summed E-state index contributed by atoms with van der Waals surface area (Å²) in [7, 11) is -9.75. The number of nitrogens with one attached hydrogen (secondary N) is 1. The number of benzene rings is 1. The molecule has 2 unspecified atom stereocenters. The maximum atomic E-state index is 11.9. The lowest BCUT2D eigenvalue weighted by Crippen LogP contribution is -2.39. The SMILES string of the molecule is NC(=S)NC(P(=O)(O)O)P(=O)(O)Oc1ccccc1. The van der Waals surface area contributed by atoms with Gasteiger partial charge in [-0.1, -0.05) is 18.2 Å². The Balaban J connectivity index is 3.03. The first-order valence-corrected chi connectivity index (χ1v) is 8.55. The van der Waals surface area contributed by atoms with Gasteiger partial charge in [-0.05, 0) is 24.4 Å². The molecule has 1 rings (SSSR count). The summed E-state index contributed by atoms with van der Waals surface area (Å²) in [6.45, 7) is 0. The van der Waals surface area contributed by atoms with Gasteiger partial charge in [0.2, 0.25) is 5.52 Å². The van der Waals surface area contributed by atoms with E-state index < -0.39 is 25.8 Å². The fourth-order valence-corrected chi connectivity index (χ4v) is 4.25. The fourth-order valence-electron chi connectivity index (χ4n) is 1.17. The summed E-state index contributed by atoms with van der Waals surface area (Å²) in [5.74, 6) is -0.0171. The molecule has 6 N–H and O–H groups in total. The second-order valence-corrected chi connectivity index (χ2v) is 7.81. The molecule has 0 spiro atoms. The van der Waals surface area contributed by atoms with Gasteiger partial charge in [-0.15, -0.1) is 0 Å². The van der Waals surface area contributed by atoms with Crippen LogP contribution in [0.1, 0.15) is 0 Å². The molecule has 19 heavy (non-hydrogen) atoms. The van der Waals surface area contributed by atoms with Gasteiger partial charge >= 0.3 is 15.2 Å². The van der Waals surface area contributed by atoms with Crippen molar-refractivity contribution in [2.75, 3.05) is 0 Å². The largest absolute Gasteiger partial charge is 0.423 e. The van der Waals surface area contributed by atoms with Crippen molar-refractivity contribution in [3.05, 3.63) is 30.3 Å². The average Bonchev–Trinajstić information content (AvgIpc) is 2.25. The summed E-state index contributed by atoms with van der Waals surface area (Å²) in [5, 5.41) is 1.36. The Bertz CT molecular complexity index is 547. The smallest absolute Gasteiger partial charge is 0.411 e. The Labute approximate surface area is 114 Å². The lowest BCUT2D eigenvalue weighted by Gasteiger charge is -2.24. The number of hydrogen-bond acceptors (Lipinski definition) is 4. The van der Waals surface area contributed by atoms with E-state index in [0.29, 0.717) is 0 Å². The van der Waals surface area contributed by atoms with Crippen molar-refractivity contribution >= 4 is 32.5 Å². The second kappa shape index (κ2) is 6.00. The van der Waals surface area contributed by atoms with Gasteiger partial charge in [0, 0.05) is 0 Å². The maximum absolute atomic E-state index is 11.9. The van der Waals surface area contributed by atoms with Gasteiger partial charge in [-0.3, -0.25) is 4.57 Å². The molecular weight excluding hydrogens is 314 g/mol. The first-order valence-electron chi connectivity index (χ1n) is 4.81. The minimum absolute atomic E-state index is 0.0171. The van der Waals surface area contributed by atoms with E-state index in [0.717, 1.165) is 0 Å². The molecule has 106 valence electrons. The Morgan fingerprint density at radius 2 is 1.79 bits per heavy atom. The average molecular weight is 326 g/mol. The summed E-state index contributed by atoms with van der Waals surface area (Å²) in [6.07, 6.45) is 0. The third-order valence-electron chi connectivity index (χ3n) is 1.88. The van der Waals surface area contributed by atoms with E-state index in [1.54, 1.807) is 6.07 Å². The summed E-state index contributed by atoms with van der Waals surface area (Å²) >= 11 is 4.41. The zero-order valence-electron chi connectivity index (χ0n) is 9.41. The molecule has 1 aromatic rings. The predicted octanol–water partition coefficient (Wildman–Crippen LogP) is 0.545. The van der Waals surface area contributed by atoms with E-state index in [2.05, 4.69) is 12.2 Å². The van der Waals surface area contributed by atoms with Crippen LogP contribution in [0.3, 0.4) is 0 Å². The molecule has 0 bridgehead atoms. The van der Waals surface area contributed by atoms with Crippen LogP contribution in [0.2, 0.25) is 0 Å². The van der Waals surface area contributed by atoms with Crippen LogP contribution in [0.5, 0.6) is 5.75 Å². The van der Waals surface area contributed by atoms with Crippen LogP contribution >= 0.6 is 27.4 Å². The molecule has 0 aliphatic rings. The van der Waals surface area contributed by atoms with Gasteiger partial charge in [-0.2, -0.15) is 0 Å². The van der Waals surface area contributed by atoms with Crippen molar-refractivity contribution in [3.63, 3.8) is 0 Å². The molecule has 1 aromatic carbocycles. The maximum Gasteiger partial charge on any atom is 0.411 e. The number of para-hydroxylation sites is 1. The van der Waals surface area contributed by atoms with Gasteiger partial charge < -0.3 is 30.3 Å². The molecule has 0 saturated carbocycles. The van der Waals surface area contributed by atoms with Gasteiger partial charge in [0.25, 0.3) is 0 Å². The summed E-state index contributed by atoms with van der Waals surface area (Å²) in [5.41, 5.74) is 2.84. The number of nitrogens with two attached hydrogens (primary N) is 1. The van der Waals surface area contributed by atoms with Crippen LogP contribution in [0.4, 0.5) is 0 Å². The molecule has 0 heterocycles. The topological polar surface area (TPSA) is 142 Å². The predicted molar refractivity (Wildman–Crippen MR) is 72.6 cm³/mol. The van der Waals surface area contributed by atoms with Crippen LogP contribution in [-0.2, 0) is 9.13 Å². The molecular formula is C8H12N2O6P2S. The molecule has 0 saturated heterocycles. The number of rotatable bonds is 5. The molecule has 0 aliphatic heterocycles. The third-order valence-corrected chi connectivity index (χ3v) is 5.76. The molecule has 0 fully saturated rings. The van der Waals surface area contributed by atoms with E-state index in [1.165, 1.54) is 24.3 Å². The molecule has 8 nitrogen and oxygen atoms in total. The molecule has 0 radical (unpaired) electrons. The lowest BCUT2D eigenvalue weighted by molar-refractivity contribution is 0.338. The van der Waals surface area contributed by atoms with Crippen molar-refractivity contribution in [3.8, 4) is 5.75 Å². The molecule has 2 atom stereocenters. The molecule has 0 aromatic heterocycles. The van der Waals surface area contributed by atoms with Gasteiger partial charge in [0.1, 0.15) is 5.75 Å². The minimum Gasteiger partial charge on any atom is -0.423 e. The van der Waals surface area contributed by atoms with Crippen LogP contribution in [0.25, 0.3) is 0 Å². The van der Waals surface area contributed by atoms with E-state index in [9.17, 15) is 14.0 Å². The van der Waals surface area contributed by atoms with Crippen LogP contribution in [-0.4, -0.2) is 25.3 Å². The first-order chi connectivity index (χ1) is 8.63. The fraction of sp³-hybridized carbons (Fsp3) is 0.125. The highest BCUT2D eigenvalue weighted by Gasteiger charge is 2.47. The van der Waals surface area contributed by atoms with Crippen LogP contribution in [0.15, 0.2) is 30.3 Å². The summed E-state index contributed by atoms with van der Waals surface area (Å²) in [6, 6.07) is 7.43. The third kappa shape index (κ3) is 4.91. The zero-order chi connectivity index (χ0) is 14.7. The van der Waals surface area contributed by atoms with E-state index in [4.69, 9.17) is 20.0 Å². The van der Waals surface area contributed by atoms with Crippen LogP contribution < -0.4 is 15.6 Å².